The molecule has 0 amide bonds. The molecule has 0 N–H and O–H groups in total. The second kappa shape index (κ2) is 7.50. The van der Waals surface area contributed by atoms with Crippen LogP contribution in [0.25, 0.3) is 0 Å². The van der Waals surface area contributed by atoms with Gasteiger partial charge in [0.15, 0.2) is 5.78 Å². The quantitative estimate of drug-likeness (QED) is 0.559. The molecule has 0 fully saturated rings. The molecule has 0 unspecified atom stereocenters. The van der Waals surface area contributed by atoms with Crippen molar-refractivity contribution in [1.82, 2.24) is 0 Å². The summed E-state index contributed by atoms with van der Waals surface area (Å²) >= 11 is 0. The van der Waals surface area contributed by atoms with Crippen LogP contribution in [0.2, 0.25) is 0 Å². The number of Topliss-reactive ketones (excluding diaryl/α,β-unsaturated/α-hetero) is 1. The van der Waals surface area contributed by atoms with Crippen LogP contribution in [0.15, 0.2) is 48.5 Å². The number of benzene rings is 2. The molecule has 2 aromatic rings. The fraction of sp³-hybridized carbons (Fsp3) is 0.480. The van der Waals surface area contributed by atoms with E-state index >= 15 is 0 Å². The first-order valence-electron chi connectivity index (χ1n) is 9.69. The molecule has 0 aliphatic rings. The van der Waals surface area contributed by atoms with Crippen LogP contribution in [0.3, 0.4) is 0 Å². The Bertz CT molecular complexity index is 755. The second-order valence-electron chi connectivity index (χ2n) is 10.1. The summed E-state index contributed by atoms with van der Waals surface area (Å²) in [7, 11) is 0. The average Bonchev–Trinajstić information content (AvgIpc) is 2.58. The molecular formula is C25H34O2. The van der Waals surface area contributed by atoms with Crippen molar-refractivity contribution in [2.24, 2.45) is 5.41 Å². The topological polar surface area (TPSA) is 26.3 Å². The Morgan fingerprint density at radius 2 is 1.26 bits per heavy atom. The lowest BCUT2D eigenvalue weighted by Crippen LogP contribution is -2.31. The van der Waals surface area contributed by atoms with E-state index in [4.69, 9.17) is 4.74 Å². The molecule has 2 heteroatoms. The highest BCUT2D eigenvalue weighted by Crippen LogP contribution is 2.34. The van der Waals surface area contributed by atoms with Gasteiger partial charge in [-0.2, -0.15) is 0 Å². The zero-order valence-electron chi connectivity index (χ0n) is 18.1. The van der Waals surface area contributed by atoms with E-state index in [1.807, 2.05) is 44.2 Å². The summed E-state index contributed by atoms with van der Waals surface area (Å²) in [5, 5.41) is 0. The summed E-state index contributed by atoms with van der Waals surface area (Å²) in [6.45, 7) is 17.5. The van der Waals surface area contributed by atoms with Crippen molar-refractivity contribution in [2.75, 3.05) is 6.61 Å². The molecule has 0 saturated heterocycles. The van der Waals surface area contributed by atoms with Gasteiger partial charge in [0.1, 0.15) is 12.4 Å². The number of ether oxygens (including phenoxy) is 1. The van der Waals surface area contributed by atoms with E-state index in [-0.39, 0.29) is 16.6 Å². The Balaban J connectivity index is 2.27. The summed E-state index contributed by atoms with van der Waals surface area (Å²) < 4.78 is 6.16. The van der Waals surface area contributed by atoms with E-state index < -0.39 is 5.41 Å². The van der Waals surface area contributed by atoms with Crippen molar-refractivity contribution < 1.29 is 9.53 Å². The van der Waals surface area contributed by atoms with Crippen molar-refractivity contribution in [3.05, 3.63) is 65.2 Å². The van der Waals surface area contributed by atoms with Gasteiger partial charge in [0.25, 0.3) is 0 Å². The summed E-state index contributed by atoms with van der Waals surface area (Å²) in [6.07, 6.45) is 0. The van der Waals surface area contributed by atoms with Crippen molar-refractivity contribution in [3.63, 3.8) is 0 Å². The molecule has 0 heterocycles. The van der Waals surface area contributed by atoms with Gasteiger partial charge >= 0.3 is 0 Å². The average molecular weight is 367 g/mol. The zero-order valence-corrected chi connectivity index (χ0v) is 18.1. The van der Waals surface area contributed by atoms with Crippen LogP contribution in [0.5, 0.6) is 5.75 Å². The van der Waals surface area contributed by atoms with Crippen molar-refractivity contribution in [2.45, 2.75) is 66.2 Å². The molecule has 146 valence electrons. The molecule has 2 rings (SSSR count). The minimum absolute atomic E-state index is 0.0365. The summed E-state index contributed by atoms with van der Waals surface area (Å²) in [6, 6.07) is 15.9. The Morgan fingerprint density at radius 1 is 0.778 bits per heavy atom. The summed E-state index contributed by atoms with van der Waals surface area (Å²) in [5.41, 5.74) is 2.70. The van der Waals surface area contributed by atoms with E-state index in [1.165, 1.54) is 11.1 Å². The first-order chi connectivity index (χ1) is 12.3. The lowest BCUT2D eigenvalue weighted by Gasteiger charge is -2.28. The SMILES string of the molecule is CC(C)(COc1cc(C(C)(C)C)cc(C(C)(C)C)c1)C(=O)c1ccccc1. The number of hydrogen-bond acceptors (Lipinski definition) is 2. The van der Waals surface area contributed by atoms with Crippen LogP contribution >= 0.6 is 0 Å². The fourth-order valence-corrected chi connectivity index (χ4v) is 2.86. The van der Waals surface area contributed by atoms with E-state index in [2.05, 4.69) is 59.7 Å². The fourth-order valence-electron chi connectivity index (χ4n) is 2.86. The maximum absolute atomic E-state index is 12.9. The Hall–Kier alpha value is -2.09. The van der Waals surface area contributed by atoms with Gasteiger partial charge in [-0.3, -0.25) is 4.79 Å². The molecule has 0 saturated carbocycles. The van der Waals surface area contributed by atoms with Crippen LogP contribution < -0.4 is 4.74 Å². The normalized spacial score (nSPS) is 12.7. The molecular weight excluding hydrogens is 332 g/mol. The van der Waals surface area contributed by atoms with Crippen LogP contribution in [0, 0.1) is 5.41 Å². The third-order valence-electron chi connectivity index (χ3n) is 4.89. The van der Waals surface area contributed by atoms with Crippen LogP contribution in [-0.2, 0) is 10.8 Å². The summed E-state index contributed by atoms with van der Waals surface area (Å²) in [5.74, 6) is 0.937. The third kappa shape index (κ3) is 5.45. The van der Waals surface area contributed by atoms with Crippen molar-refractivity contribution in [3.8, 4) is 5.75 Å². The third-order valence-corrected chi connectivity index (χ3v) is 4.89. The monoisotopic (exact) mass is 366 g/mol. The van der Waals surface area contributed by atoms with Crippen molar-refractivity contribution in [1.29, 1.82) is 0 Å². The van der Waals surface area contributed by atoms with E-state index in [0.29, 0.717) is 6.61 Å². The minimum Gasteiger partial charge on any atom is -0.493 e. The predicted molar refractivity (Wildman–Crippen MR) is 114 cm³/mol. The lowest BCUT2D eigenvalue weighted by molar-refractivity contribution is 0.0751. The highest BCUT2D eigenvalue weighted by atomic mass is 16.5. The van der Waals surface area contributed by atoms with Gasteiger partial charge in [0, 0.05) is 5.56 Å². The van der Waals surface area contributed by atoms with Crippen LogP contribution in [-0.4, -0.2) is 12.4 Å². The summed E-state index contributed by atoms with van der Waals surface area (Å²) in [4.78, 5) is 12.9. The first kappa shape index (κ1) is 21.2. The number of hydrogen-bond donors (Lipinski definition) is 0. The highest BCUT2D eigenvalue weighted by Gasteiger charge is 2.30. The molecule has 0 aliphatic heterocycles. The van der Waals surface area contributed by atoms with Crippen LogP contribution in [0.4, 0.5) is 0 Å². The van der Waals surface area contributed by atoms with Gasteiger partial charge < -0.3 is 4.74 Å². The van der Waals surface area contributed by atoms with Crippen molar-refractivity contribution >= 4 is 5.78 Å². The lowest BCUT2D eigenvalue weighted by atomic mass is 9.80. The number of carbonyl (C=O) groups excluding carboxylic acids is 1. The largest absolute Gasteiger partial charge is 0.493 e. The Morgan fingerprint density at radius 3 is 1.70 bits per heavy atom. The Kier molecular flexibility index (Phi) is 5.89. The van der Waals surface area contributed by atoms with E-state index in [1.54, 1.807) is 0 Å². The smallest absolute Gasteiger partial charge is 0.171 e. The van der Waals surface area contributed by atoms with Gasteiger partial charge in [-0.1, -0.05) is 77.9 Å². The molecule has 0 aromatic heterocycles. The number of rotatable bonds is 5. The highest BCUT2D eigenvalue weighted by molar-refractivity contribution is 6.00. The molecule has 0 spiro atoms. The second-order valence-corrected chi connectivity index (χ2v) is 10.1. The maximum Gasteiger partial charge on any atom is 0.171 e. The Labute approximate surface area is 165 Å². The number of carbonyl (C=O) groups is 1. The molecule has 0 radical (unpaired) electrons. The van der Waals surface area contributed by atoms with Gasteiger partial charge in [0.05, 0.1) is 5.41 Å². The molecule has 2 nitrogen and oxygen atoms in total. The zero-order chi connectivity index (χ0) is 20.5. The first-order valence-corrected chi connectivity index (χ1v) is 9.69. The van der Waals surface area contributed by atoms with Gasteiger partial charge in [0.2, 0.25) is 0 Å². The predicted octanol–water partition coefficient (Wildman–Crippen LogP) is 6.57. The molecule has 0 atom stereocenters. The molecule has 2 aromatic carbocycles. The van der Waals surface area contributed by atoms with Gasteiger partial charge in [-0.25, -0.2) is 0 Å². The van der Waals surface area contributed by atoms with E-state index in [9.17, 15) is 4.79 Å². The molecule has 27 heavy (non-hydrogen) atoms. The minimum atomic E-state index is -0.596. The molecule has 0 bridgehead atoms. The van der Waals surface area contributed by atoms with E-state index in [0.717, 1.165) is 11.3 Å². The standard InChI is InChI=1S/C25H34O2/c1-23(2,3)19-14-20(24(4,5)6)16-21(15-19)27-17-25(7,8)22(26)18-12-10-9-11-13-18/h9-16H,17H2,1-8H3. The van der Waals surface area contributed by atoms with Gasteiger partial charge in [-0.15, -0.1) is 0 Å². The maximum atomic E-state index is 12.9. The molecule has 0 aliphatic carbocycles. The number of ketones is 1. The van der Waals surface area contributed by atoms with Gasteiger partial charge in [-0.05, 0) is 47.9 Å². The van der Waals surface area contributed by atoms with Crippen LogP contribution in [0.1, 0.15) is 76.9 Å².